The Balaban J connectivity index is 1.64. The molecule has 36 heavy (non-hydrogen) atoms. The first-order valence-corrected chi connectivity index (χ1v) is 11.7. The van der Waals surface area contributed by atoms with E-state index in [0.29, 0.717) is 11.5 Å². The Morgan fingerprint density at radius 3 is 2.08 bits per heavy atom. The zero-order valence-electron chi connectivity index (χ0n) is 20.3. The molecule has 1 N–H and O–H groups in total. The van der Waals surface area contributed by atoms with Crippen LogP contribution in [0.5, 0.6) is 11.5 Å². The molecule has 4 aromatic carbocycles. The Morgan fingerprint density at radius 1 is 0.694 bits per heavy atom. The fourth-order valence-electron chi connectivity index (χ4n) is 5.05. The highest BCUT2D eigenvalue weighted by molar-refractivity contribution is 6.06. The van der Waals surface area contributed by atoms with E-state index in [-0.39, 0.29) is 5.82 Å². The summed E-state index contributed by atoms with van der Waals surface area (Å²) < 4.78 is 27.2. The Hall–Kier alpha value is -4.51. The lowest BCUT2D eigenvalue weighted by Crippen LogP contribution is -1.95. The zero-order chi connectivity index (χ0) is 24.8. The highest BCUT2D eigenvalue weighted by atomic mass is 19.1. The van der Waals surface area contributed by atoms with Gasteiger partial charge in [0.25, 0.3) is 0 Å². The van der Waals surface area contributed by atoms with E-state index in [2.05, 4.69) is 59.1 Å². The van der Waals surface area contributed by atoms with Crippen LogP contribution < -0.4 is 9.47 Å². The van der Waals surface area contributed by atoms with Gasteiger partial charge in [-0.25, -0.2) is 4.39 Å². The van der Waals surface area contributed by atoms with Crippen LogP contribution in [0, 0.1) is 5.82 Å². The molecule has 0 radical (unpaired) electrons. The van der Waals surface area contributed by atoms with Crippen LogP contribution in [-0.2, 0) is 7.05 Å². The van der Waals surface area contributed by atoms with Crippen molar-refractivity contribution in [2.24, 2.45) is 7.05 Å². The molecule has 0 fully saturated rings. The van der Waals surface area contributed by atoms with Crippen molar-refractivity contribution in [1.29, 1.82) is 0 Å². The van der Waals surface area contributed by atoms with Gasteiger partial charge in [0, 0.05) is 46.9 Å². The topological polar surface area (TPSA) is 39.2 Å². The number of nitrogens with zero attached hydrogens (tertiary/aromatic N) is 1. The minimum atomic E-state index is -0.260. The number of hydrogen-bond acceptors (Lipinski definition) is 2. The van der Waals surface area contributed by atoms with Crippen LogP contribution in [0.2, 0.25) is 0 Å². The summed E-state index contributed by atoms with van der Waals surface area (Å²) in [4.78, 5) is 3.26. The maximum absolute atomic E-state index is 13.9. The third kappa shape index (κ3) is 3.60. The number of methoxy groups -OCH3 is 2. The molecule has 0 aliphatic carbocycles. The Morgan fingerprint density at radius 2 is 1.36 bits per heavy atom. The first kappa shape index (κ1) is 22.0. The van der Waals surface area contributed by atoms with Crippen molar-refractivity contribution >= 4 is 21.8 Å². The second kappa shape index (κ2) is 8.61. The first-order valence-electron chi connectivity index (χ1n) is 11.7. The van der Waals surface area contributed by atoms with Gasteiger partial charge in [0.1, 0.15) is 17.3 Å². The number of aromatic nitrogens is 2. The van der Waals surface area contributed by atoms with Crippen LogP contribution in [0.15, 0.2) is 91.1 Å². The smallest absolute Gasteiger partial charge is 0.123 e. The highest BCUT2D eigenvalue weighted by Gasteiger charge is 2.20. The van der Waals surface area contributed by atoms with Crippen molar-refractivity contribution in [3.05, 3.63) is 96.9 Å². The number of rotatable bonds is 5. The minimum Gasteiger partial charge on any atom is -0.497 e. The molecule has 0 aliphatic rings. The van der Waals surface area contributed by atoms with E-state index in [4.69, 9.17) is 9.47 Å². The van der Waals surface area contributed by atoms with E-state index in [0.717, 1.165) is 49.9 Å². The van der Waals surface area contributed by atoms with Gasteiger partial charge >= 0.3 is 0 Å². The molecular formula is C31H25FN2O2. The van der Waals surface area contributed by atoms with Gasteiger partial charge in [-0.15, -0.1) is 0 Å². The summed E-state index contributed by atoms with van der Waals surface area (Å²) in [5.41, 5.74) is 8.39. The van der Waals surface area contributed by atoms with Gasteiger partial charge in [0.05, 0.1) is 19.9 Å². The maximum atomic E-state index is 13.9. The summed E-state index contributed by atoms with van der Waals surface area (Å²) in [6.45, 7) is 0. The van der Waals surface area contributed by atoms with Crippen LogP contribution >= 0.6 is 0 Å². The van der Waals surface area contributed by atoms with E-state index < -0.39 is 0 Å². The van der Waals surface area contributed by atoms with E-state index >= 15 is 0 Å². The lowest BCUT2D eigenvalue weighted by atomic mass is 9.95. The number of nitrogens with one attached hydrogen (secondary N) is 1. The predicted octanol–water partition coefficient (Wildman–Crippen LogP) is 7.82. The Kier molecular flexibility index (Phi) is 5.26. The number of halogens is 1. The number of ether oxygens (including phenoxy) is 2. The van der Waals surface area contributed by atoms with E-state index in [1.807, 2.05) is 36.5 Å². The number of hydrogen-bond donors (Lipinski definition) is 1. The molecule has 0 saturated carbocycles. The predicted molar refractivity (Wildman–Crippen MR) is 144 cm³/mol. The molecule has 0 unspecified atom stereocenters. The molecule has 6 rings (SSSR count). The SMILES string of the molecule is COc1cc(OC)cc(-c2c(-c3ccc(F)cc3)c3cc(-c4ccc5[nH]ccc5c4)ccc3n2C)c1. The molecule has 0 aliphatic heterocycles. The molecule has 6 aromatic rings. The summed E-state index contributed by atoms with van der Waals surface area (Å²) in [6.07, 6.45) is 1.95. The van der Waals surface area contributed by atoms with Gasteiger partial charge in [0.15, 0.2) is 0 Å². The number of H-pyrrole nitrogens is 1. The lowest BCUT2D eigenvalue weighted by Gasteiger charge is -2.12. The molecule has 0 amide bonds. The first-order chi connectivity index (χ1) is 17.6. The summed E-state index contributed by atoms with van der Waals surface area (Å²) in [6, 6.07) is 27.6. The second-order valence-corrected chi connectivity index (χ2v) is 8.90. The van der Waals surface area contributed by atoms with Crippen LogP contribution in [0.25, 0.3) is 55.3 Å². The molecule has 2 aromatic heterocycles. The summed E-state index contributed by atoms with van der Waals surface area (Å²) in [7, 11) is 5.35. The monoisotopic (exact) mass is 476 g/mol. The summed E-state index contributed by atoms with van der Waals surface area (Å²) in [5.74, 6) is 1.16. The van der Waals surface area contributed by atoms with Crippen molar-refractivity contribution < 1.29 is 13.9 Å². The van der Waals surface area contributed by atoms with Gasteiger partial charge in [-0.3, -0.25) is 0 Å². The molecule has 0 spiro atoms. The fraction of sp³-hybridized carbons (Fsp3) is 0.0968. The second-order valence-electron chi connectivity index (χ2n) is 8.90. The zero-order valence-corrected chi connectivity index (χ0v) is 20.3. The average molecular weight is 477 g/mol. The third-order valence-electron chi connectivity index (χ3n) is 6.84. The number of aryl methyl sites for hydroxylation is 1. The molecule has 0 bridgehead atoms. The number of fused-ring (bicyclic) bond motifs is 2. The van der Waals surface area contributed by atoms with Crippen molar-refractivity contribution in [3.63, 3.8) is 0 Å². The van der Waals surface area contributed by atoms with E-state index in [9.17, 15) is 4.39 Å². The van der Waals surface area contributed by atoms with Gasteiger partial charge in [-0.1, -0.05) is 24.3 Å². The van der Waals surface area contributed by atoms with Crippen LogP contribution in [0.1, 0.15) is 0 Å². The molecule has 4 nitrogen and oxygen atoms in total. The molecule has 178 valence electrons. The lowest BCUT2D eigenvalue weighted by molar-refractivity contribution is 0.394. The molecule has 2 heterocycles. The Labute approximate surface area is 208 Å². The normalized spacial score (nSPS) is 11.3. The highest BCUT2D eigenvalue weighted by Crippen LogP contribution is 2.43. The van der Waals surface area contributed by atoms with Gasteiger partial charge in [0.2, 0.25) is 0 Å². The maximum Gasteiger partial charge on any atom is 0.123 e. The Bertz CT molecular complexity index is 1710. The quantitative estimate of drug-likeness (QED) is 0.276. The van der Waals surface area contributed by atoms with E-state index in [1.165, 1.54) is 17.5 Å². The number of benzene rings is 4. The van der Waals surface area contributed by atoms with Crippen molar-refractivity contribution in [2.45, 2.75) is 0 Å². The largest absolute Gasteiger partial charge is 0.497 e. The standard InChI is InChI=1S/C31H25FN2O2/c1-34-29-11-7-21(20-6-10-28-22(14-20)12-13-33-28)17-27(29)30(19-4-8-24(32)9-5-19)31(34)23-15-25(35-2)18-26(16-23)36-3/h4-18,33H,1-3H3. The van der Waals surface area contributed by atoms with Crippen LogP contribution in [-0.4, -0.2) is 23.8 Å². The van der Waals surface area contributed by atoms with Crippen LogP contribution in [0.4, 0.5) is 4.39 Å². The van der Waals surface area contributed by atoms with Crippen LogP contribution in [0.3, 0.4) is 0 Å². The third-order valence-corrected chi connectivity index (χ3v) is 6.84. The molecule has 0 atom stereocenters. The van der Waals surface area contributed by atoms with Gasteiger partial charge in [-0.2, -0.15) is 0 Å². The molecule has 0 saturated heterocycles. The van der Waals surface area contributed by atoms with E-state index in [1.54, 1.807) is 14.2 Å². The fourth-order valence-corrected chi connectivity index (χ4v) is 5.05. The van der Waals surface area contributed by atoms with Gasteiger partial charge in [-0.05, 0) is 76.7 Å². The average Bonchev–Trinajstić information content (AvgIpc) is 3.50. The van der Waals surface area contributed by atoms with Gasteiger partial charge < -0.3 is 19.0 Å². The van der Waals surface area contributed by atoms with Crippen molar-refractivity contribution in [3.8, 4) is 45.0 Å². The van der Waals surface area contributed by atoms with Crippen molar-refractivity contribution in [2.75, 3.05) is 14.2 Å². The molecular weight excluding hydrogens is 451 g/mol. The summed E-state index contributed by atoms with van der Waals surface area (Å²) >= 11 is 0. The minimum absolute atomic E-state index is 0.260. The number of aromatic amines is 1. The summed E-state index contributed by atoms with van der Waals surface area (Å²) in [5, 5.41) is 2.26. The van der Waals surface area contributed by atoms with Crippen molar-refractivity contribution in [1.82, 2.24) is 9.55 Å². The molecule has 5 heteroatoms.